The number of nitrogens with zero attached hydrogens (tertiary/aromatic N) is 5. The monoisotopic (exact) mass is 308 g/mol. The fourth-order valence-corrected chi connectivity index (χ4v) is 3.03. The van der Waals surface area contributed by atoms with Crippen LogP contribution >= 0.6 is 0 Å². The Morgan fingerprint density at radius 2 is 1.61 bits per heavy atom. The van der Waals surface area contributed by atoms with Gasteiger partial charge in [0.15, 0.2) is 5.65 Å². The summed E-state index contributed by atoms with van der Waals surface area (Å²) < 4.78 is 0. The molecule has 0 spiro atoms. The Morgan fingerprint density at radius 3 is 2.35 bits per heavy atom. The third kappa shape index (κ3) is 2.60. The van der Waals surface area contributed by atoms with Crippen LogP contribution in [0, 0.1) is 13.8 Å². The highest BCUT2D eigenvalue weighted by molar-refractivity contribution is 5.73. The Morgan fingerprint density at radius 1 is 0.913 bits per heavy atom. The van der Waals surface area contributed by atoms with E-state index in [1.165, 1.54) is 11.3 Å². The van der Waals surface area contributed by atoms with Crippen molar-refractivity contribution in [3.8, 4) is 0 Å². The average Bonchev–Trinajstić information content (AvgIpc) is 3.05. The molecule has 1 aliphatic heterocycles. The number of hydrogen-bond acceptors (Lipinski definition) is 5. The van der Waals surface area contributed by atoms with Crippen LogP contribution in [0.2, 0.25) is 0 Å². The molecule has 3 heterocycles. The molecule has 2 aromatic heterocycles. The van der Waals surface area contributed by atoms with Gasteiger partial charge in [-0.2, -0.15) is 4.98 Å². The van der Waals surface area contributed by atoms with Gasteiger partial charge in [0.2, 0.25) is 5.95 Å². The van der Waals surface area contributed by atoms with Gasteiger partial charge in [-0.3, -0.25) is 0 Å². The van der Waals surface area contributed by atoms with Crippen molar-refractivity contribution < 1.29 is 0 Å². The Kier molecular flexibility index (Phi) is 3.37. The van der Waals surface area contributed by atoms with Gasteiger partial charge >= 0.3 is 0 Å². The maximum absolute atomic E-state index is 4.63. The molecule has 3 aromatic rings. The van der Waals surface area contributed by atoms with E-state index in [2.05, 4.69) is 60.9 Å². The minimum Gasteiger partial charge on any atom is -0.368 e. The van der Waals surface area contributed by atoms with Gasteiger partial charge in [-0.15, -0.1) is 0 Å². The SMILES string of the molecule is Cc1ccc(N2CCN(c3nc(C)c4[nH]cnc4n3)CC2)cc1. The minimum absolute atomic E-state index is 0.744. The average molecular weight is 308 g/mol. The van der Waals surface area contributed by atoms with Gasteiger partial charge in [0.05, 0.1) is 12.0 Å². The standard InChI is InChI=1S/C17H20N6/c1-12-3-5-14(6-4-12)22-7-9-23(10-8-22)17-20-13(2)15-16(21-17)19-11-18-15/h3-6,11H,7-10H2,1-2H3,(H,18,19,20,21). The van der Waals surface area contributed by atoms with Crippen molar-refractivity contribution in [2.75, 3.05) is 36.0 Å². The van der Waals surface area contributed by atoms with E-state index in [-0.39, 0.29) is 0 Å². The zero-order valence-electron chi connectivity index (χ0n) is 13.5. The van der Waals surface area contributed by atoms with Crippen LogP contribution in [0.4, 0.5) is 11.6 Å². The molecule has 0 radical (unpaired) electrons. The lowest BCUT2D eigenvalue weighted by atomic mass is 10.2. The first-order valence-electron chi connectivity index (χ1n) is 7.95. The van der Waals surface area contributed by atoms with Crippen LogP contribution in [0.5, 0.6) is 0 Å². The number of piperazine rings is 1. The van der Waals surface area contributed by atoms with Crippen LogP contribution in [-0.2, 0) is 0 Å². The van der Waals surface area contributed by atoms with E-state index < -0.39 is 0 Å². The fourth-order valence-electron chi connectivity index (χ4n) is 3.03. The summed E-state index contributed by atoms with van der Waals surface area (Å²) in [6.07, 6.45) is 1.67. The smallest absolute Gasteiger partial charge is 0.227 e. The number of nitrogens with one attached hydrogen (secondary N) is 1. The van der Waals surface area contributed by atoms with Crippen molar-refractivity contribution >= 4 is 22.8 Å². The Bertz CT molecular complexity index is 815. The minimum atomic E-state index is 0.744. The molecule has 6 heteroatoms. The van der Waals surface area contributed by atoms with Crippen molar-refractivity contribution in [3.63, 3.8) is 0 Å². The second kappa shape index (κ2) is 5.53. The van der Waals surface area contributed by atoms with Gasteiger partial charge in [-0.05, 0) is 26.0 Å². The van der Waals surface area contributed by atoms with Crippen LogP contribution in [0.25, 0.3) is 11.2 Å². The van der Waals surface area contributed by atoms with Gasteiger partial charge in [-0.1, -0.05) is 17.7 Å². The number of hydrogen-bond donors (Lipinski definition) is 1. The molecule has 1 aromatic carbocycles. The summed E-state index contributed by atoms with van der Waals surface area (Å²) in [5.74, 6) is 0.783. The van der Waals surface area contributed by atoms with Crippen LogP contribution in [0.3, 0.4) is 0 Å². The molecular formula is C17H20N6. The highest BCUT2D eigenvalue weighted by Crippen LogP contribution is 2.20. The summed E-state index contributed by atoms with van der Waals surface area (Å²) in [6.45, 7) is 7.90. The van der Waals surface area contributed by atoms with E-state index in [0.29, 0.717) is 0 Å². The quantitative estimate of drug-likeness (QED) is 0.787. The predicted molar refractivity (Wildman–Crippen MR) is 92.0 cm³/mol. The molecule has 0 amide bonds. The molecule has 1 N–H and O–H groups in total. The number of aromatic amines is 1. The lowest BCUT2D eigenvalue weighted by molar-refractivity contribution is 0.640. The van der Waals surface area contributed by atoms with E-state index in [1.54, 1.807) is 6.33 Å². The molecule has 1 fully saturated rings. The van der Waals surface area contributed by atoms with E-state index in [1.807, 2.05) is 6.92 Å². The normalized spacial score (nSPS) is 15.4. The molecule has 1 aliphatic rings. The molecule has 0 bridgehead atoms. The van der Waals surface area contributed by atoms with Crippen molar-refractivity contribution in [3.05, 3.63) is 41.9 Å². The first kappa shape index (κ1) is 14.0. The van der Waals surface area contributed by atoms with E-state index in [0.717, 1.165) is 49.0 Å². The number of aromatic nitrogens is 4. The fraction of sp³-hybridized carbons (Fsp3) is 0.353. The summed E-state index contributed by atoms with van der Waals surface area (Å²) >= 11 is 0. The number of fused-ring (bicyclic) bond motifs is 1. The van der Waals surface area contributed by atoms with Gasteiger partial charge in [0.25, 0.3) is 0 Å². The van der Waals surface area contributed by atoms with E-state index in [4.69, 9.17) is 0 Å². The number of aryl methyl sites for hydroxylation is 2. The first-order valence-corrected chi connectivity index (χ1v) is 7.95. The number of imidazole rings is 1. The second-order valence-corrected chi connectivity index (χ2v) is 6.02. The third-order valence-electron chi connectivity index (χ3n) is 4.42. The molecule has 4 rings (SSSR count). The van der Waals surface area contributed by atoms with Gasteiger partial charge in [-0.25, -0.2) is 9.97 Å². The number of H-pyrrole nitrogens is 1. The summed E-state index contributed by atoms with van der Waals surface area (Å²) in [7, 11) is 0. The van der Waals surface area contributed by atoms with Gasteiger partial charge < -0.3 is 14.8 Å². The van der Waals surface area contributed by atoms with Crippen LogP contribution < -0.4 is 9.80 Å². The molecule has 0 aliphatic carbocycles. The second-order valence-electron chi connectivity index (χ2n) is 6.02. The van der Waals surface area contributed by atoms with Crippen molar-refractivity contribution in [2.45, 2.75) is 13.8 Å². The molecule has 118 valence electrons. The van der Waals surface area contributed by atoms with Crippen LogP contribution in [-0.4, -0.2) is 46.1 Å². The van der Waals surface area contributed by atoms with Crippen molar-refractivity contribution in [1.82, 2.24) is 19.9 Å². The lowest BCUT2D eigenvalue weighted by Gasteiger charge is -2.36. The van der Waals surface area contributed by atoms with Crippen molar-refractivity contribution in [2.24, 2.45) is 0 Å². The summed E-state index contributed by atoms with van der Waals surface area (Å²) in [5, 5.41) is 0. The first-order chi connectivity index (χ1) is 11.2. The summed E-state index contributed by atoms with van der Waals surface area (Å²) in [6, 6.07) is 8.72. The Hall–Kier alpha value is -2.63. The van der Waals surface area contributed by atoms with Crippen LogP contribution in [0.1, 0.15) is 11.3 Å². The van der Waals surface area contributed by atoms with Gasteiger partial charge in [0, 0.05) is 31.9 Å². The van der Waals surface area contributed by atoms with Crippen molar-refractivity contribution in [1.29, 1.82) is 0 Å². The molecule has 0 unspecified atom stereocenters. The molecule has 6 nitrogen and oxygen atoms in total. The maximum atomic E-state index is 4.63. The number of benzene rings is 1. The zero-order valence-corrected chi connectivity index (χ0v) is 13.5. The van der Waals surface area contributed by atoms with E-state index >= 15 is 0 Å². The largest absolute Gasteiger partial charge is 0.368 e. The Labute approximate surface area is 135 Å². The lowest BCUT2D eigenvalue weighted by Crippen LogP contribution is -2.47. The summed E-state index contributed by atoms with van der Waals surface area (Å²) in [5.41, 5.74) is 5.20. The molecule has 0 atom stereocenters. The number of anilines is 2. The summed E-state index contributed by atoms with van der Waals surface area (Å²) in [4.78, 5) is 21.2. The highest BCUT2D eigenvalue weighted by atomic mass is 15.3. The molecule has 23 heavy (non-hydrogen) atoms. The zero-order chi connectivity index (χ0) is 15.8. The van der Waals surface area contributed by atoms with E-state index in [9.17, 15) is 0 Å². The van der Waals surface area contributed by atoms with Gasteiger partial charge in [0.1, 0.15) is 5.52 Å². The highest BCUT2D eigenvalue weighted by Gasteiger charge is 2.20. The molecule has 1 saturated heterocycles. The number of rotatable bonds is 2. The molecular weight excluding hydrogens is 288 g/mol. The topological polar surface area (TPSA) is 60.9 Å². The third-order valence-corrected chi connectivity index (χ3v) is 4.42. The molecule has 0 saturated carbocycles. The Balaban J connectivity index is 1.51. The van der Waals surface area contributed by atoms with Crippen LogP contribution in [0.15, 0.2) is 30.6 Å². The predicted octanol–water partition coefficient (Wildman–Crippen LogP) is 2.30. The maximum Gasteiger partial charge on any atom is 0.227 e.